The summed E-state index contributed by atoms with van der Waals surface area (Å²) in [5.74, 6) is -2.15. The average Bonchev–Trinajstić information content (AvgIpc) is 2.59. The lowest BCUT2D eigenvalue weighted by Crippen LogP contribution is -2.33. The number of carbonyl (C=O) groups excluding carboxylic acids is 1. The van der Waals surface area contributed by atoms with Crippen molar-refractivity contribution < 1.29 is 19.4 Å². The first-order chi connectivity index (χ1) is 11.7. The summed E-state index contributed by atoms with van der Waals surface area (Å²) in [7, 11) is 0. The number of hydrogen-bond donors (Lipinski definition) is 1. The first-order valence-electron chi connectivity index (χ1n) is 9.71. The minimum Gasteiger partial charge on any atom is -0.481 e. The Balaban J connectivity index is 2.04. The monoisotopic (exact) mass is 338 g/mol. The van der Waals surface area contributed by atoms with Crippen LogP contribution >= 0.6 is 0 Å². The van der Waals surface area contributed by atoms with Gasteiger partial charge in [-0.2, -0.15) is 0 Å². The van der Waals surface area contributed by atoms with Gasteiger partial charge in [-0.15, -0.1) is 0 Å². The number of rotatable bonds is 12. The average molecular weight is 338 g/mol. The second-order valence-electron chi connectivity index (χ2n) is 6.82. The van der Waals surface area contributed by atoms with Crippen molar-refractivity contribution in [1.82, 2.24) is 0 Å². The molecular formula is C20H34O4. The Bertz CT molecular complexity index is 389. The van der Waals surface area contributed by atoms with Gasteiger partial charge in [-0.05, 0) is 38.5 Å². The molecule has 0 aromatic heterocycles. The van der Waals surface area contributed by atoms with Crippen LogP contribution in [0.3, 0.4) is 0 Å². The highest BCUT2D eigenvalue weighted by molar-refractivity contribution is 5.81. The summed E-state index contributed by atoms with van der Waals surface area (Å²) < 4.78 is 5.32. The number of allylic oxidation sites excluding steroid dienone is 2. The van der Waals surface area contributed by atoms with Crippen LogP contribution in [-0.2, 0) is 14.3 Å². The van der Waals surface area contributed by atoms with Crippen LogP contribution in [-0.4, -0.2) is 23.7 Å². The first-order valence-corrected chi connectivity index (χ1v) is 9.71. The van der Waals surface area contributed by atoms with Gasteiger partial charge in [-0.3, -0.25) is 9.59 Å². The Kier molecular flexibility index (Phi) is 11.2. The predicted octanol–water partition coefficient (Wildman–Crippen LogP) is 5.12. The van der Waals surface area contributed by atoms with Gasteiger partial charge in [0.15, 0.2) is 0 Å². The first kappa shape index (κ1) is 20.7. The Labute approximate surface area is 146 Å². The molecule has 4 heteroatoms. The molecule has 0 radical (unpaired) electrons. The van der Waals surface area contributed by atoms with Crippen LogP contribution in [0.5, 0.6) is 0 Å². The van der Waals surface area contributed by atoms with E-state index in [1.54, 1.807) is 0 Å². The number of carbonyl (C=O) groups is 2. The summed E-state index contributed by atoms with van der Waals surface area (Å²) in [4.78, 5) is 23.3. The molecule has 0 aromatic rings. The van der Waals surface area contributed by atoms with Crippen LogP contribution < -0.4 is 0 Å². The van der Waals surface area contributed by atoms with E-state index < -0.39 is 17.8 Å². The molecule has 1 rings (SSSR count). The SMILES string of the molecule is CCC/C=C/CCCCCCCOC(=O)C1CCCCC1C(=O)O. The number of hydrogen-bond acceptors (Lipinski definition) is 3. The summed E-state index contributed by atoms with van der Waals surface area (Å²) in [6.07, 6.45) is 16.7. The molecule has 0 heterocycles. The van der Waals surface area contributed by atoms with Gasteiger partial charge >= 0.3 is 11.9 Å². The van der Waals surface area contributed by atoms with Crippen LogP contribution in [0.2, 0.25) is 0 Å². The molecular weight excluding hydrogens is 304 g/mol. The van der Waals surface area contributed by atoms with E-state index in [0.717, 1.165) is 32.1 Å². The molecule has 2 atom stereocenters. The molecule has 2 unspecified atom stereocenters. The third kappa shape index (κ3) is 8.51. The molecule has 0 saturated heterocycles. The van der Waals surface area contributed by atoms with Gasteiger partial charge in [0, 0.05) is 0 Å². The van der Waals surface area contributed by atoms with Gasteiger partial charge in [0.05, 0.1) is 18.4 Å². The zero-order chi connectivity index (χ0) is 17.6. The number of esters is 1. The molecule has 1 N–H and O–H groups in total. The van der Waals surface area contributed by atoms with Crippen molar-refractivity contribution in [3.05, 3.63) is 12.2 Å². The molecule has 0 bridgehead atoms. The zero-order valence-corrected chi connectivity index (χ0v) is 15.2. The highest BCUT2D eigenvalue weighted by Gasteiger charge is 2.36. The molecule has 1 aliphatic rings. The lowest BCUT2D eigenvalue weighted by molar-refractivity contribution is -0.159. The molecule has 0 amide bonds. The molecule has 4 nitrogen and oxygen atoms in total. The second-order valence-corrected chi connectivity index (χ2v) is 6.82. The molecule has 24 heavy (non-hydrogen) atoms. The van der Waals surface area contributed by atoms with E-state index in [1.165, 1.54) is 32.1 Å². The van der Waals surface area contributed by atoms with Crippen molar-refractivity contribution >= 4 is 11.9 Å². The van der Waals surface area contributed by atoms with Crippen LogP contribution in [0.1, 0.15) is 84.0 Å². The lowest BCUT2D eigenvalue weighted by Gasteiger charge is -2.26. The van der Waals surface area contributed by atoms with Gasteiger partial charge in [-0.25, -0.2) is 0 Å². The van der Waals surface area contributed by atoms with E-state index in [1.807, 2.05) is 0 Å². The normalized spacial score (nSPS) is 21.0. The highest BCUT2D eigenvalue weighted by atomic mass is 16.5. The minimum absolute atomic E-state index is 0.303. The Morgan fingerprint density at radius 3 is 2.29 bits per heavy atom. The number of carboxylic acids is 1. The third-order valence-corrected chi connectivity index (χ3v) is 4.77. The molecule has 138 valence electrons. The minimum atomic E-state index is -0.857. The standard InChI is InChI=1S/C20H34O4/c1-2-3-4-5-6-7-8-9-10-13-16-24-20(23)18-15-12-11-14-17(18)19(21)22/h4-5,17-18H,2-3,6-16H2,1H3,(H,21,22)/b5-4+. The molecule has 1 aliphatic carbocycles. The van der Waals surface area contributed by atoms with E-state index in [9.17, 15) is 14.7 Å². The van der Waals surface area contributed by atoms with Crippen molar-refractivity contribution in [1.29, 1.82) is 0 Å². The smallest absolute Gasteiger partial charge is 0.309 e. The van der Waals surface area contributed by atoms with Crippen LogP contribution in [0.25, 0.3) is 0 Å². The van der Waals surface area contributed by atoms with E-state index in [-0.39, 0.29) is 5.97 Å². The molecule has 0 aromatic carbocycles. The highest BCUT2D eigenvalue weighted by Crippen LogP contribution is 2.31. The van der Waals surface area contributed by atoms with Gasteiger partial charge in [0.25, 0.3) is 0 Å². The maximum absolute atomic E-state index is 12.1. The Hall–Kier alpha value is -1.32. The summed E-state index contributed by atoms with van der Waals surface area (Å²) in [6, 6.07) is 0. The maximum Gasteiger partial charge on any atom is 0.309 e. The van der Waals surface area contributed by atoms with E-state index in [0.29, 0.717) is 19.4 Å². The van der Waals surface area contributed by atoms with Crippen molar-refractivity contribution in [3.8, 4) is 0 Å². The van der Waals surface area contributed by atoms with Gasteiger partial charge in [0.1, 0.15) is 0 Å². The predicted molar refractivity (Wildman–Crippen MR) is 95.8 cm³/mol. The van der Waals surface area contributed by atoms with Crippen molar-refractivity contribution in [2.45, 2.75) is 84.0 Å². The summed E-state index contributed by atoms with van der Waals surface area (Å²) in [6.45, 7) is 2.62. The van der Waals surface area contributed by atoms with Crippen LogP contribution in [0, 0.1) is 11.8 Å². The van der Waals surface area contributed by atoms with Gasteiger partial charge in [-0.1, -0.05) is 57.6 Å². The van der Waals surface area contributed by atoms with Crippen molar-refractivity contribution in [3.63, 3.8) is 0 Å². The third-order valence-electron chi connectivity index (χ3n) is 4.77. The second kappa shape index (κ2) is 13.0. The van der Waals surface area contributed by atoms with E-state index in [2.05, 4.69) is 19.1 Å². The zero-order valence-electron chi connectivity index (χ0n) is 15.2. The number of carboxylic acid groups (broad SMARTS) is 1. The van der Waals surface area contributed by atoms with E-state index >= 15 is 0 Å². The number of aliphatic carboxylic acids is 1. The quantitative estimate of drug-likeness (QED) is 0.305. The molecule has 0 aliphatic heterocycles. The molecule has 0 spiro atoms. The molecule has 1 saturated carbocycles. The Morgan fingerprint density at radius 2 is 1.58 bits per heavy atom. The topological polar surface area (TPSA) is 63.6 Å². The fourth-order valence-corrected chi connectivity index (χ4v) is 3.29. The lowest BCUT2D eigenvalue weighted by atomic mass is 9.79. The van der Waals surface area contributed by atoms with Gasteiger partial charge in [0.2, 0.25) is 0 Å². The molecule has 1 fully saturated rings. The van der Waals surface area contributed by atoms with Crippen LogP contribution in [0.15, 0.2) is 12.2 Å². The number of ether oxygens (including phenoxy) is 1. The number of unbranched alkanes of at least 4 members (excludes halogenated alkanes) is 6. The van der Waals surface area contributed by atoms with Gasteiger partial charge < -0.3 is 9.84 Å². The fourth-order valence-electron chi connectivity index (χ4n) is 3.29. The summed E-state index contributed by atoms with van der Waals surface area (Å²) >= 11 is 0. The van der Waals surface area contributed by atoms with E-state index in [4.69, 9.17) is 4.74 Å². The van der Waals surface area contributed by atoms with Crippen molar-refractivity contribution in [2.24, 2.45) is 11.8 Å². The summed E-state index contributed by atoms with van der Waals surface area (Å²) in [5.41, 5.74) is 0. The maximum atomic E-state index is 12.1. The summed E-state index contributed by atoms with van der Waals surface area (Å²) in [5, 5.41) is 9.21. The van der Waals surface area contributed by atoms with Crippen molar-refractivity contribution in [2.75, 3.05) is 6.61 Å². The van der Waals surface area contributed by atoms with Crippen LogP contribution in [0.4, 0.5) is 0 Å². The largest absolute Gasteiger partial charge is 0.481 e. The Morgan fingerprint density at radius 1 is 0.958 bits per heavy atom. The fraction of sp³-hybridized carbons (Fsp3) is 0.800.